The number of halogens is 1. The molecule has 0 aliphatic carbocycles. The molecule has 0 saturated carbocycles. The SMILES string of the molecule is [CH2]C(Cl)C(C)C. The molecule has 1 atom stereocenters. The van der Waals surface area contributed by atoms with Crippen molar-refractivity contribution < 1.29 is 0 Å². The van der Waals surface area contributed by atoms with Crippen LogP contribution in [0.1, 0.15) is 13.8 Å². The van der Waals surface area contributed by atoms with Crippen molar-refractivity contribution in [3.8, 4) is 0 Å². The molecule has 6 heavy (non-hydrogen) atoms. The van der Waals surface area contributed by atoms with Crippen molar-refractivity contribution in [1.29, 1.82) is 0 Å². The van der Waals surface area contributed by atoms with E-state index in [2.05, 4.69) is 6.92 Å². The van der Waals surface area contributed by atoms with E-state index >= 15 is 0 Å². The fourth-order valence-electron chi connectivity index (χ4n) is 0. The second-order valence-corrected chi connectivity index (χ2v) is 2.32. The highest BCUT2D eigenvalue weighted by molar-refractivity contribution is 6.21. The highest BCUT2D eigenvalue weighted by atomic mass is 35.5. The van der Waals surface area contributed by atoms with Gasteiger partial charge in [0.2, 0.25) is 0 Å². The Balaban J connectivity index is 2.99. The van der Waals surface area contributed by atoms with Gasteiger partial charge in [-0.1, -0.05) is 13.8 Å². The molecule has 0 rings (SSSR count). The highest BCUT2D eigenvalue weighted by Crippen LogP contribution is 2.05. The van der Waals surface area contributed by atoms with Crippen LogP contribution in [0.5, 0.6) is 0 Å². The van der Waals surface area contributed by atoms with Gasteiger partial charge in [-0.3, -0.25) is 0 Å². The minimum absolute atomic E-state index is 0.0741. The van der Waals surface area contributed by atoms with Crippen molar-refractivity contribution in [3.05, 3.63) is 6.92 Å². The monoisotopic (exact) mass is 105 g/mol. The van der Waals surface area contributed by atoms with Crippen LogP contribution in [-0.4, -0.2) is 5.38 Å². The first-order chi connectivity index (χ1) is 2.64. The average molecular weight is 106 g/mol. The summed E-state index contributed by atoms with van der Waals surface area (Å²) in [7, 11) is 0. The number of hydrogen-bond donors (Lipinski definition) is 0. The molecule has 0 heterocycles. The van der Waals surface area contributed by atoms with Crippen LogP contribution >= 0.6 is 11.6 Å². The van der Waals surface area contributed by atoms with Gasteiger partial charge in [0.25, 0.3) is 0 Å². The van der Waals surface area contributed by atoms with Gasteiger partial charge in [-0.05, 0) is 12.8 Å². The number of alkyl halides is 1. The highest BCUT2D eigenvalue weighted by Gasteiger charge is 1.98. The molecule has 0 nitrogen and oxygen atoms in total. The second-order valence-electron chi connectivity index (χ2n) is 1.76. The first-order valence-corrected chi connectivity index (χ1v) is 2.55. The van der Waals surface area contributed by atoms with Crippen molar-refractivity contribution in [2.45, 2.75) is 19.2 Å². The zero-order chi connectivity index (χ0) is 5.15. The van der Waals surface area contributed by atoms with E-state index in [1.165, 1.54) is 0 Å². The molecule has 0 fully saturated rings. The van der Waals surface area contributed by atoms with E-state index < -0.39 is 0 Å². The van der Waals surface area contributed by atoms with Gasteiger partial charge < -0.3 is 0 Å². The van der Waals surface area contributed by atoms with Crippen LogP contribution in [-0.2, 0) is 0 Å². The van der Waals surface area contributed by atoms with Crippen molar-refractivity contribution in [2.24, 2.45) is 5.92 Å². The van der Waals surface area contributed by atoms with Crippen LogP contribution in [0.3, 0.4) is 0 Å². The summed E-state index contributed by atoms with van der Waals surface area (Å²) < 4.78 is 0. The molecule has 0 N–H and O–H groups in total. The van der Waals surface area contributed by atoms with Gasteiger partial charge in [-0.15, -0.1) is 11.6 Å². The molecule has 0 aromatic carbocycles. The summed E-state index contributed by atoms with van der Waals surface area (Å²) >= 11 is 5.50. The standard InChI is InChI=1S/C5H10Cl/c1-4(2)5(3)6/h4-5H,3H2,1-2H3. The molecule has 0 amide bonds. The quantitative estimate of drug-likeness (QED) is 0.448. The summed E-state index contributed by atoms with van der Waals surface area (Å²) in [6.07, 6.45) is 0. The van der Waals surface area contributed by atoms with E-state index in [1.807, 2.05) is 13.8 Å². The summed E-state index contributed by atoms with van der Waals surface area (Å²) in [6.45, 7) is 7.70. The van der Waals surface area contributed by atoms with Crippen LogP contribution < -0.4 is 0 Å². The molecule has 37 valence electrons. The Labute approximate surface area is 44.5 Å². The van der Waals surface area contributed by atoms with E-state index in [0.717, 1.165) is 0 Å². The Hall–Kier alpha value is 0.290. The molecule has 0 aliphatic rings. The van der Waals surface area contributed by atoms with Crippen molar-refractivity contribution in [3.63, 3.8) is 0 Å². The third-order valence-corrected chi connectivity index (χ3v) is 1.23. The lowest BCUT2D eigenvalue weighted by molar-refractivity contribution is 0.669. The van der Waals surface area contributed by atoms with Gasteiger partial charge in [0.05, 0.1) is 0 Å². The van der Waals surface area contributed by atoms with Gasteiger partial charge >= 0.3 is 0 Å². The Bertz CT molecular complexity index is 24.9. The van der Waals surface area contributed by atoms with Crippen molar-refractivity contribution >= 4 is 11.6 Å². The molecule has 0 spiro atoms. The summed E-state index contributed by atoms with van der Waals surface area (Å²) in [5, 5.41) is 0.0741. The summed E-state index contributed by atoms with van der Waals surface area (Å²) in [5.41, 5.74) is 0. The topological polar surface area (TPSA) is 0 Å². The Morgan fingerprint density at radius 3 is 1.67 bits per heavy atom. The van der Waals surface area contributed by atoms with Crippen LogP contribution in [0.15, 0.2) is 0 Å². The molecule has 0 bridgehead atoms. The molecule has 1 unspecified atom stereocenters. The van der Waals surface area contributed by atoms with E-state index in [0.29, 0.717) is 5.92 Å². The number of rotatable bonds is 1. The predicted molar refractivity (Wildman–Crippen MR) is 29.8 cm³/mol. The smallest absolute Gasteiger partial charge is 0.0359 e. The van der Waals surface area contributed by atoms with Crippen LogP contribution in [0.4, 0.5) is 0 Å². The van der Waals surface area contributed by atoms with Crippen LogP contribution in [0.2, 0.25) is 0 Å². The molecule has 1 radical (unpaired) electrons. The maximum atomic E-state index is 5.50. The molecule has 0 aromatic heterocycles. The van der Waals surface area contributed by atoms with Crippen molar-refractivity contribution in [1.82, 2.24) is 0 Å². The zero-order valence-electron chi connectivity index (χ0n) is 4.24. The maximum absolute atomic E-state index is 5.50. The minimum Gasteiger partial charge on any atom is -0.123 e. The van der Waals surface area contributed by atoms with Gasteiger partial charge in [-0.2, -0.15) is 0 Å². The molecule has 0 aromatic rings. The summed E-state index contributed by atoms with van der Waals surface area (Å²) in [4.78, 5) is 0. The van der Waals surface area contributed by atoms with E-state index in [-0.39, 0.29) is 5.38 Å². The Morgan fingerprint density at radius 1 is 1.50 bits per heavy atom. The Morgan fingerprint density at radius 2 is 1.67 bits per heavy atom. The number of hydrogen-bond acceptors (Lipinski definition) is 0. The first-order valence-electron chi connectivity index (χ1n) is 2.11. The van der Waals surface area contributed by atoms with E-state index in [1.54, 1.807) is 0 Å². The zero-order valence-corrected chi connectivity index (χ0v) is 5.00. The summed E-state index contributed by atoms with van der Waals surface area (Å²) in [6, 6.07) is 0. The van der Waals surface area contributed by atoms with Gasteiger partial charge in [0.15, 0.2) is 0 Å². The van der Waals surface area contributed by atoms with Gasteiger partial charge in [0.1, 0.15) is 0 Å². The third kappa shape index (κ3) is 2.52. The van der Waals surface area contributed by atoms with Gasteiger partial charge in [0, 0.05) is 5.38 Å². The maximum Gasteiger partial charge on any atom is 0.0359 e. The van der Waals surface area contributed by atoms with E-state index in [4.69, 9.17) is 11.6 Å². The predicted octanol–water partition coefficient (Wildman–Crippen LogP) is 2.08. The lowest BCUT2D eigenvalue weighted by atomic mass is 10.2. The molecule has 1 heteroatoms. The fraction of sp³-hybridized carbons (Fsp3) is 0.800. The van der Waals surface area contributed by atoms with Gasteiger partial charge in [-0.25, -0.2) is 0 Å². The molecule has 0 saturated heterocycles. The normalized spacial score (nSPS) is 15.5. The average Bonchev–Trinajstić information content (AvgIpc) is 1.36. The lowest BCUT2D eigenvalue weighted by Crippen LogP contribution is -2.00. The largest absolute Gasteiger partial charge is 0.123 e. The molecular formula is C5H10Cl. The lowest BCUT2D eigenvalue weighted by Gasteiger charge is -2.02. The Kier molecular flexibility index (Phi) is 2.58. The van der Waals surface area contributed by atoms with E-state index in [9.17, 15) is 0 Å². The second kappa shape index (κ2) is 2.46. The van der Waals surface area contributed by atoms with Crippen LogP contribution in [0.25, 0.3) is 0 Å². The summed E-state index contributed by atoms with van der Waals surface area (Å²) in [5.74, 6) is 0.506. The molecule has 0 aliphatic heterocycles. The minimum atomic E-state index is 0.0741. The fourth-order valence-corrected chi connectivity index (χ4v) is 0. The van der Waals surface area contributed by atoms with Crippen molar-refractivity contribution in [2.75, 3.05) is 0 Å². The third-order valence-electron chi connectivity index (χ3n) is 0.723. The van der Waals surface area contributed by atoms with Crippen LogP contribution in [0, 0.1) is 12.8 Å². The molecular weight excluding hydrogens is 95.5 g/mol. The first kappa shape index (κ1) is 6.29.